The molecule has 1 N–H and O–H groups in total. The summed E-state index contributed by atoms with van der Waals surface area (Å²) in [6.45, 7) is 0. The number of nitrogens with zero attached hydrogens (tertiary/aromatic N) is 1. The van der Waals surface area contributed by atoms with E-state index in [9.17, 15) is 13.2 Å². The van der Waals surface area contributed by atoms with E-state index in [2.05, 4.69) is 10.3 Å². The molecule has 0 aliphatic heterocycles. The zero-order valence-electron chi connectivity index (χ0n) is 9.60. The van der Waals surface area contributed by atoms with Crippen LogP contribution in [0.15, 0.2) is 30.3 Å². The first-order valence-corrected chi connectivity index (χ1v) is 6.38. The summed E-state index contributed by atoms with van der Waals surface area (Å²) in [5, 5.41) is 0.971. The molecule has 0 atom stereocenters. The second kappa shape index (κ2) is 5.68. The van der Waals surface area contributed by atoms with Gasteiger partial charge in [-0.25, -0.2) is 4.98 Å². The fourth-order valence-corrected chi connectivity index (χ4v) is 2.29. The quantitative estimate of drug-likeness (QED) is 0.698. The maximum absolute atomic E-state index is 12.8. The Morgan fingerprint density at radius 3 is 2.10 bits per heavy atom. The lowest BCUT2D eigenvalue weighted by Crippen LogP contribution is -2.10. The summed E-state index contributed by atoms with van der Waals surface area (Å²) in [7, 11) is 0. The smallest absolute Gasteiger partial charge is 0.339 e. The predicted octanol–water partition coefficient (Wildman–Crippen LogP) is 5.80. The van der Waals surface area contributed by atoms with Crippen molar-refractivity contribution >= 4 is 46.3 Å². The van der Waals surface area contributed by atoms with Gasteiger partial charge < -0.3 is 5.32 Å². The Morgan fingerprint density at radius 2 is 1.55 bits per heavy atom. The molecule has 0 fully saturated rings. The highest BCUT2D eigenvalue weighted by Crippen LogP contribution is 2.44. The van der Waals surface area contributed by atoms with E-state index in [1.807, 2.05) is 0 Å². The van der Waals surface area contributed by atoms with Gasteiger partial charge in [0.2, 0.25) is 0 Å². The molecular weight excluding hydrogens is 335 g/mol. The van der Waals surface area contributed by atoms with E-state index in [0.717, 1.165) is 0 Å². The van der Waals surface area contributed by atoms with E-state index >= 15 is 0 Å². The number of hydrogen-bond acceptors (Lipinski definition) is 2. The molecule has 1 aromatic carbocycles. The monoisotopic (exact) mass is 340 g/mol. The van der Waals surface area contributed by atoms with Crippen molar-refractivity contribution in [2.24, 2.45) is 0 Å². The van der Waals surface area contributed by atoms with Crippen molar-refractivity contribution in [2.75, 3.05) is 5.32 Å². The van der Waals surface area contributed by atoms with Gasteiger partial charge in [0.1, 0.15) is 15.7 Å². The molecule has 2 aromatic rings. The summed E-state index contributed by atoms with van der Waals surface area (Å²) in [5.41, 5.74) is -0.654. The lowest BCUT2D eigenvalue weighted by atomic mass is 10.2. The van der Waals surface area contributed by atoms with Crippen LogP contribution in [0.5, 0.6) is 0 Å². The van der Waals surface area contributed by atoms with Crippen LogP contribution in [0.1, 0.15) is 5.56 Å². The van der Waals surface area contributed by atoms with Crippen molar-refractivity contribution in [3.8, 4) is 0 Å². The van der Waals surface area contributed by atoms with Crippen LogP contribution in [0.3, 0.4) is 0 Å². The predicted molar refractivity (Wildman–Crippen MR) is 74.0 cm³/mol. The van der Waals surface area contributed by atoms with Gasteiger partial charge in [0, 0.05) is 5.69 Å². The van der Waals surface area contributed by atoms with Crippen LogP contribution in [0, 0.1) is 0 Å². The highest BCUT2D eigenvalue weighted by molar-refractivity contribution is 6.45. The number of hydrogen-bond donors (Lipinski definition) is 1. The summed E-state index contributed by atoms with van der Waals surface area (Å²) >= 11 is 17.0. The third-order valence-corrected chi connectivity index (χ3v) is 3.47. The van der Waals surface area contributed by atoms with Gasteiger partial charge in [-0.1, -0.05) is 53.0 Å². The van der Waals surface area contributed by atoms with Crippen LogP contribution in [-0.4, -0.2) is 4.98 Å². The minimum atomic E-state index is -4.73. The van der Waals surface area contributed by atoms with Crippen molar-refractivity contribution in [3.63, 3.8) is 0 Å². The van der Waals surface area contributed by atoms with Gasteiger partial charge in [-0.15, -0.1) is 0 Å². The number of nitrogens with one attached hydrogen (secondary N) is 1. The molecule has 0 spiro atoms. The van der Waals surface area contributed by atoms with Gasteiger partial charge in [0.25, 0.3) is 0 Å². The molecule has 1 heterocycles. The average Bonchev–Trinajstić information content (AvgIpc) is 2.35. The van der Waals surface area contributed by atoms with Crippen LogP contribution in [0.4, 0.5) is 24.7 Å². The minimum absolute atomic E-state index is 0.0409. The van der Waals surface area contributed by atoms with E-state index in [0.29, 0.717) is 5.69 Å². The molecule has 20 heavy (non-hydrogen) atoms. The van der Waals surface area contributed by atoms with Crippen LogP contribution < -0.4 is 5.32 Å². The minimum Gasteiger partial charge on any atom is -0.339 e. The first kappa shape index (κ1) is 15.2. The molecule has 0 saturated heterocycles. The highest BCUT2D eigenvalue weighted by atomic mass is 35.5. The van der Waals surface area contributed by atoms with Crippen molar-refractivity contribution in [2.45, 2.75) is 6.18 Å². The first-order valence-electron chi connectivity index (χ1n) is 5.24. The Labute approximate surface area is 127 Å². The van der Waals surface area contributed by atoms with Crippen molar-refractivity contribution in [1.29, 1.82) is 0 Å². The van der Waals surface area contributed by atoms with E-state index in [-0.39, 0.29) is 10.8 Å². The number of rotatable bonds is 2. The van der Waals surface area contributed by atoms with Crippen molar-refractivity contribution in [1.82, 2.24) is 4.98 Å². The number of para-hydroxylation sites is 1. The topological polar surface area (TPSA) is 24.9 Å². The number of halogens is 6. The standard InChI is InChI=1S/C12H6Cl3F3N2/c13-8-7(12(16,17)18)10(15)20-11(9(8)14)19-6-4-2-1-3-5-6/h1-5H,(H,19,20). The number of alkyl halides is 3. The summed E-state index contributed by atoms with van der Waals surface area (Å²) in [6.07, 6.45) is -4.73. The van der Waals surface area contributed by atoms with Crippen LogP contribution in [0.2, 0.25) is 15.2 Å². The van der Waals surface area contributed by atoms with Gasteiger partial charge in [-0.3, -0.25) is 0 Å². The highest BCUT2D eigenvalue weighted by Gasteiger charge is 2.38. The van der Waals surface area contributed by atoms with Gasteiger partial charge in [0.05, 0.1) is 5.02 Å². The molecule has 0 amide bonds. The van der Waals surface area contributed by atoms with Gasteiger partial charge >= 0.3 is 6.18 Å². The summed E-state index contributed by atoms with van der Waals surface area (Å²) in [6, 6.07) is 8.65. The maximum atomic E-state index is 12.8. The number of anilines is 2. The summed E-state index contributed by atoms with van der Waals surface area (Å²) in [4.78, 5) is 3.61. The number of benzene rings is 1. The van der Waals surface area contributed by atoms with E-state index in [4.69, 9.17) is 34.8 Å². The molecular formula is C12H6Cl3F3N2. The molecule has 1 aromatic heterocycles. The zero-order valence-corrected chi connectivity index (χ0v) is 11.9. The Bertz CT molecular complexity index is 630. The van der Waals surface area contributed by atoms with Gasteiger partial charge in [-0.05, 0) is 12.1 Å². The lowest BCUT2D eigenvalue weighted by molar-refractivity contribution is -0.137. The largest absolute Gasteiger partial charge is 0.420 e. The molecule has 0 aliphatic rings. The molecule has 0 unspecified atom stereocenters. The molecule has 2 rings (SSSR count). The molecule has 106 valence electrons. The SMILES string of the molecule is FC(F)(F)c1c(Cl)nc(Nc2ccccc2)c(Cl)c1Cl. The van der Waals surface area contributed by atoms with Crippen LogP contribution >= 0.6 is 34.8 Å². The van der Waals surface area contributed by atoms with Gasteiger partial charge in [0.15, 0.2) is 5.82 Å². The fourth-order valence-electron chi connectivity index (χ4n) is 1.49. The molecule has 8 heteroatoms. The second-order valence-electron chi connectivity index (χ2n) is 3.74. The first-order chi connectivity index (χ1) is 9.30. The van der Waals surface area contributed by atoms with Crippen LogP contribution in [0.25, 0.3) is 0 Å². The van der Waals surface area contributed by atoms with Gasteiger partial charge in [-0.2, -0.15) is 13.2 Å². The normalized spacial score (nSPS) is 11.5. The summed E-state index contributed by atoms with van der Waals surface area (Å²) in [5.74, 6) is -0.0409. The Balaban J connectivity index is 2.48. The van der Waals surface area contributed by atoms with E-state index in [1.54, 1.807) is 30.3 Å². The second-order valence-corrected chi connectivity index (χ2v) is 4.86. The molecule has 2 nitrogen and oxygen atoms in total. The maximum Gasteiger partial charge on any atom is 0.420 e. The number of pyridine rings is 1. The van der Waals surface area contributed by atoms with E-state index in [1.165, 1.54) is 0 Å². The Morgan fingerprint density at radius 1 is 0.950 bits per heavy atom. The van der Waals surface area contributed by atoms with Crippen molar-refractivity contribution in [3.05, 3.63) is 51.1 Å². The molecule has 0 bridgehead atoms. The average molecular weight is 342 g/mol. The third kappa shape index (κ3) is 3.11. The third-order valence-electron chi connectivity index (χ3n) is 2.36. The van der Waals surface area contributed by atoms with E-state index < -0.39 is 21.9 Å². The number of aromatic nitrogens is 1. The Kier molecular flexibility index (Phi) is 4.32. The molecule has 0 radical (unpaired) electrons. The zero-order chi connectivity index (χ0) is 14.9. The fraction of sp³-hybridized carbons (Fsp3) is 0.0833. The van der Waals surface area contributed by atoms with Crippen molar-refractivity contribution < 1.29 is 13.2 Å². The lowest BCUT2D eigenvalue weighted by Gasteiger charge is -2.15. The molecule has 0 aliphatic carbocycles. The van der Waals surface area contributed by atoms with Crippen LogP contribution in [-0.2, 0) is 6.18 Å². The summed E-state index contributed by atoms with van der Waals surface area (Å²) < 4.78 is 38.3. The Hall–Kier alpha value is -1.17. The molecule has 0 saturated carbocycles.